The van der Waals surface area contributed by atoms with E-state index in [1.165, 1.54) is 18.4 Å². The summed E-state index contributed by atoms with van der Waals surface area (Å²) in [7, 11) is 1.75. The zero-order valence-corrected chi connectivity index (χ0v) is 10.2. The second-order valence-corrected chi connectivity index (χ2v) is 4.70. The van der Waals surface area contributed by atoms with E-state index in [1.54, 1.807) is 7.11 Å². The Morgan fingerprint density at radius 2 is 2.19 bits per heavy atom. The first-order chi connectivity index (χ1) is 7.81. The van der Waals surface area contributed by atoms with E-state index in [0.29, 0.717) is 6.04 Å². The molecule has 1 heterocycles. The highest BCUT2D eigenvalue weighted by Gasteiger charge is 2.21. The molecule has 2 unspecified atom stereocenters. The number of para-hydroxylation sites is 1. The molecule has 0 aromatic heterocycles. The van der Waals surface area contributed by atoms with Crippen LogP contribution in [0.2, 0.25) is 0 Å². The van der Waals surface area contributed by atoms with Gasteiger partial charge in [0.15, 0.2) is 0 Å². The molecule has 0 aliphatic carbocycles. The first-order valence-electron chi connectivity index (χ1n) is 6.16. The van der Waals surface area contributed by atoms with Gasteiger partial charge < -0.3 is 10.1 Å². The quantitative estimate of drug-likeness (QED) is 0.843. The van der Waals surface area contributed by atoms with Gasteiger partial charge in [0.1, 0.15) is 5.75 Å². The standard InChI is InChI=1S/C14H21NO/c1-11-6-5-9-15-13(11)10-12-7-3-4-8-14(12)16-2/h3-4,7-8,11,13,15H,5-6,9-10H2,1-2H3. The second-order valence-electron chi connectivity index (χ2n) is 4.70. The van der Waals surface area contributed by atoms with Gasteiger partial charge in [-0.1, -0.05) is 25.1 Å². The molecule has 1 aromatic rings. The maximum absolute atomic E-state index is 5.39. The normalized spacial score (nSPS) is 25.4. The van der Waals surface area contributed by atoms with Crippen molar-refractivity contribution in [1.82, 2.24) is 5.32 Å². The highest BCUT2D eigenvalue weighted by Crippen LogP contribution is 2.24. The van der Waals surface area contributed by atoms with E-state index in [9.17, 15) is 0 Å². The van der Waals surface area contributed by atoms with Crippen LogP contribution in [0.3, 0.4) is 0 Å². The van der Waals surface area contributed by atoms with Gasteiger partial charge in [0.2, 0.25) is 0 Å². The van der Waals surface area contributed by atoms with Crippen molar-refractivity contribution in [2.75, 3.05) is 13.7 Å². The molecular weight excluding hydrogens is 198 g/mol. The highest BCUT2D eigenvalue weighted by atomic mass is 16.5. The molecule has 88 valence electrons. The first kappa shape index (κ1) is 11.5. The van der Waals surface area contributed by atoms with Crippen LogP contribution in [0.25, 0.3) is 0 Å². The average molecular weight is 219 g/mol. The number of methoxy groups -OCH3 is 1. The smallest absolute Gasteiger partial charge is 0.122 e. The molecule has 0 amide bonds. The molecule has 1 aliphatic rings. The molecule has 0 radical (unpaired) electrons. The second kappa shape index (κ2) is 5.35. The zero-order valence-electron chi connectivity index (χ0n) is 10.2. The number of hydrogen-bond acceptors (Lipinski definition) is 2. The summed E-state index contributed by atoms with van der Waals surface area (Å²) in [5.74, 6) is 1.78. The molecule has 2 nitrogen and oxygen atoms in total. The van der Waals surface area contributed by atoms with Gasteiger partial charge in [-0.25, -0.2) is 0 Å². The summed E-state index contributed by atoms with van der Waals surface area (Å²) < 4.78 is 5.39. The molecule has 16 heavy (non-hydrogen) atoms. The molecule has 0 bridgehead atoms. The Morgan fingerprint density at radius 3 is 2.94 bits per heavy atom. The van der Waals surface area contributed by atoms with Crippen LogP contribution in [0.15, 0.2) is 24.3 Å². The number of nitrogens with one attached hydrogen (secondary N) is 1. The monoisotopic (exact) mass is 219 g/mol. The fourth-order valence-electron chi connectivity index (χ4n) is 2.50. The Morgan fingerprint density at radius 1 is 1.38 bits per heavy atom. The van der Waals surface area contributed by atoms with Gasteiger partial charge >= 0.3 is 0 Å². The summed E-state index contributed by atoms with van der Waals surface area (Å²) in [4.78, 5) is 0. The van der Waals surface area contributed by atoms with E-state index in [1.807, 2.05) is 12.1 Å². The SMILES string of the molecule is COc1ccccc1CC1NCCCC1C. The molecule has 1 aliphatic heterocycles. The average Bonchev–Trinajstić information content (AvgIpc) is 2.33. The van der Waals surface area contributed by atoms with Gasteiger partial charge in [-0.05, 0) is 43.4 Å². The lowest BCUT2D eigenvalue weighted by atomic mass is 9.88. The molecule has 1 saturated heterocycles. The predicted octanol–water partition coefficient (Wildman–Crippen LogP) is 2.63. The lowest BCUT2D eigenvalue weighted by molar-refractivity contribution is 0.295. The lowest BCUT2D eigenvalue weighted by Crippen LogP contribution is -2.41. The molecule has 0 spiro atoms. The van der Waals surface area contributed by atoms with Crippen molar-refractivity contribution in [2.24, 2.45) is 5.92 Å². The molecule has 1 N–H and O–H groups in total. The van der Waals surface area contributed by atoms with Gasteiger partial charge in [0.05, 0.1) is 7.11 Å². The van der Waals surface area contributed by atoms with Gasteiger partial charge in [-0.2, -0.15) is 0 Å². The Bertz CT molecular complexity index is 337. The van der Waals surface area contributed by atoms with Gasteiger partial charge in [0.25, 0.3) is 0 Å². The zero-order chi connectivity index (χ0) is 11.4. The molecular formula is C14H21NO. The van der Waals surface area contributed by atoms with Gasteiger partial charge in [0, 0.05) is 6.04 Å². The summed E-state index contributed by atoms with van der Waals surface area (Å²) >= 11 is 0. The van der Waals surface area contributed by atoms with Crippen LogP contribution in [0, 0.1) is 5.92 Å². The molecule has 2 heteroatoms. The van der Waals surface area contributed by atoms with Crippen LogP contribution < -0.4 is 10.1 Å². The van der Waals surface area contributed by atoms with Crippen LogP contribution in [-0.4, -0.2) is 19.7 Å². The van der Waals surface area contributed by atoms with Gasteiger partial charge in [-0.15, -0.1) is 0 Å². The summed E-state index contributed by atoms with van der Waals surface area (Å²) in [5.41, 5.74) is 1.32. The fourth-order valence-corrected chi connectivity index (χ4v) is 2.50. The van der Waals surface area contributed by atoms with E-state index < -0.39 is 0 Å². The minimum absolute atomic E-state index is 0.602. The first-order valence-corrected chi connectivity index (χ1v) is 6.16. The highest BCUT2D eigenvalue weighted by molar-refractivity contribution is 5.34. The predicted molar refractivity (Wildman–Crippen MR) is 66.9 cm³/mol. The van der Waals surface area contributed by atoms with Crippen LogP contribution in [-0.2, 0) is 6.42 Å². The van der Waals surface area contributed by atoms with Crippen molar-refractivity contribution in [3.05, 3.63) is 29.8 Å². The Hall–Kier alpha value is -1.02. The minimum Gasteiger partial charge on any atom is -0.496 e. The van der Waals surface area contributed by atoms with Crippen molar-refractivity contribution in [3.8, 4) is 5.75 Å². The lowest BCUT2D eigenvalue weighted by Gasteiger charge is -2.30. The van der Waals surface area contributed by atoms with Crippen LogP contribution in [0.1, 0.15) is 25.3 Å². The largest absolute Gasteiger partial charge is 0.496 e. The minimum atomic E-state index is 0.602. The number of rotatable bonds is 3. The maximum Gasteiger partial charge on any atom is 0.122 e. The van der Waals surface area contributed by atoms with Crippen LogP contribution >= 0.6 is 0 Å². The van der Waals surface area contributed by atoms with E-state index >= 15 is 0 Å². The summed E-state index contributed by atoms with van der Waals surface area (Å²) in [6, 6.07) is 8.93. The summed E-state index contributed by atoms with van der Waals surface area (Å²) in [6.07, 6.45) is 3.72. The van der Waals surface area contributed by atoms with Crippen molar-refractivity contribution in [1.29, 1.82) is 0 Å². The maximum atomic E-state index is 5.39. The van der Waals surface area contributed by atoms with E-state index in [-0.39, 0.29) is 0 Å². The number of ether oxygens (including phenoxy) is 1. The van der Waals surface area contributed by atoms with E-state index in [4.69, 9.17) is 4.74 Å². The third-order valence-electron chi connectivity index (χ3n) is 3.56. The Labute approximate surface area is 98.0 Å². The number of piperidine rings is 1. The molecule has 2 atom stereocenters. The number of hydrogen-bond donors (Lipinski definition) is 1. The molecule has 0 saturated carbocycles. The Balaban J connectivity index is 2.07. The molecule has 2 rings (SSSR count). The third-order valence-corrected chi connectivity index (χ3v) is 3.56. The van der Waals surface area contributed by atoms with Gasteiger partial charge in [-0.3, -0.25) is 0 Å². The number of benzene rings is 1. The van der Waals surface area contributed by atoms with E-state index in [0.717, 1.165) is 24.6 Å². The fraction of sp³-hybridized carbons (Fsp3) is 0.571. The van der Waals surface area contributed by atoms with E-state index in [2.05, 4.69) is 24.4 Å². The van der Waals surface area contributed by atoms with Crippen molar-refractivity contribution < 1.29 is 4.74 Å². The Kier molecular flexibility index (Phi) is 3.83. The van der Waals surface area contributed by atoms with Crippen LogP contribution in [0.5, 0.6) is 5.75 Å². The van der Waals surface area contributed by atoms with Crippen LogP contribution in [0.4, 0.5) is 0 Å². The van der Waals surface area contributed by atoms with Crippen molar-refractivity contribution >= 4 is 0 Å². The topological polar surface area (TPSA) is 21.3 Å². The summed E-state index contributed by atoms with van der Waals surface area (Å²) in [5, 5.41) is 3.61. The summed E-state index contributed by atoms with van der Waals surface area (Å²) in [6.45, 7) is 3.50. The van der Waals surface area contributed by atoms with Crippen molar-refractivity contribution in [2.45, 2.75) is 32.2 Å². The third kappa shape index (κ3) is 2.56. The molecule has 1 aromatic carbocycles. The molecule has 1 fully saturated rings. The van der Waals surface area contributed by atoms with Crippen molar-refractivity contribution in [3.63, 3.8) is 0 Å².